The van der Waals surface area contributed by atoms with Crippen LogP contribution in [0.2, 0.25) is 0 Å². The molecule has 0 spiro atoms. The number of nitrogens with zero attached hydrogens (tertiary/aromatic N) is 3. The first kappa shape index (κ1) is 17.3. The van der Waals surface area contributed by atoms with Gasteiger partial charge in [-0.25, -0.2) is 4.98 Å². The van der Waals surface area contributed by atoms with Crippen molar-refractivity contribution in [3.05, 3.63) is 71.9 Å². The summed E-state index contributed by atoms with van der Waals surface area (Å²) >= 11 is 0. The molecule has 0 saturated heterocycles. The van der Waals surface area contributed by atoms with Crippen LogP contribution < -0.4 is 16.0 Å². The Morgan fingerprint density at radius 1 is 0.885 bits per heavy atom. The number of benzene rings is 1. The number of hydrogen-bond donors (Lipinski definition) is 3. The van der Waals surface area contributed by atoms with E-state index in [2.05, 4.69) is 31.1 Å². The fourth-order valence-electron chi connectivity index (χ4n) is 2.23. The molecular formula is C19H20N6O. The Bertz CT molecular complexity index is 834. The SMILES string of the molecule is Cc1ccc(C(=O)NCCNc2ccc(Nc3ccccn3)nn2)cc1. The van der Waals surface area contributed by atoms with E-state index in [1.54, 1.807) is 6.20 Å². The van der Waals surface area contributed by atoms with Gasteiger partial charge in [-0.15, -0.1) is 10.2 Å². The van der Waals surface area contributed by atoms with E-state index in [4.69, 9.17) is 0 Å². The van der Waals surface area contributed by atoms with Crippen molar-refractivity contribution in [3.63, 3.8) is 0 Å². The Balaban J connectivity index is 1.42. The van der Waals surface area contributed by atoms with Crippen LogP contribution in [0, 0.1) is 6.92 Å². The van der Waals surface area contributed by atoms with Crippen molar-refractivity contribution in [1.29, 1.82) is 0 Å². The summed E-state index contributed by atoms with van der Waals surface area (Å²) in [5, 5.41) is 17.2. The normalized spacial score (nSPS) is 10.2. The predicted molar refractivity (Wildman–Crippen MR) is 102 cm³/mol. The second-order valence-electron chi connectivity index (χ2n) is 5.69. The van der Waals surface area contributed by atoms with Gasteiger partial charge in [0, 0.05) is 24.8 Å². The van der Waals surface area contributed by atoms with Gasteiger partial charge in [-0.05, 0) is 43.3 Å². The van der Waals surface area contributed by atoms with E-state index < -0.39 is 0 Å². The lowest BCUT2D eigenvalue weighted by atomic mass is 10.1. The van der Waals surface area contributed by atoms with Crippen molar-refractivity contribution >= 4 is 23.4 Å². The Morgan fingerprint density at radius 3 is 2.35 bits per heavy atom. The minimum absolute atomic E-state index is 0.0900. The van der Waals surface area contributed by atoms with Crippen LogP contribution in [0.15, 0.2) is 60.8 Å². The first-order valence-electron chi connectivity index (χ1n) is 8.31. The van der Waals surface area contributed by atoms with Crippen molar-refractivity contribution in [2.75, 3.05) is 23.7 Å². The first-order chi connectivity index (χ1) is 12.7. The van der Waals surface area contributed by atoms with Gasteiger partial charge in [-0.2, -0.15) is 0 Å². The third-order valence-corrected chi connectivity index (χ3v) is 3.62. The molecule has 2 aromatic heterocycles. The Hall–Kier alpha value is -3.48. The van der Waals surface area contributed by atoms with Gasteiger partial charge < -0.3 is 16.0 Å². The van der Waals surface area contributed by atoms with Gasteiger partial charge >= 0.3 is 0 Å². The van der Waals surface area contributed by atoms with Gasteiger partial charge in [0.25, 0.3) is 5.91 Å². The molecule has 1 amide bonds. The highest BCUT2D eigenvalue weighted by Gasteiger charge is 2.04. The summed E-state index contributed by atoms with van der Waals surface area (Å²) in [6, 6.07) is 16.7. The number of hydrogen-bond acceptors (Lipinski definition) is 6. The van der Waals surface area contributed by atoms with Gasteiger partial charge in [0.1, 0.15) is 11.6 Å². The fourth-order valence-corrected chi connectivity index (χ4v) is 2.23. The highest BCUT2D eigenvalue weighted by atomic mass is 16.1. The molecule has 0 fully saturated rings. The van der Waals surface area contributed by atoms with Crippen LogP contribution in [-0.2, 0) is 0 Å². The molecule has 0 atom stereocenters. The lowest BCUT2D eigenvalue weighted by Crippen LogP contribution is -2.28. The molecule has 0 aliphatic carbocycles. The molecule has 3 N–H and O–H groups in total. The molecule has 0 aliphatic heterocycles. The third-order valence-electron chi connectivity index (χ3n) is 3.62. The van der Waals surface area contributed by atoms with Crippen LogP contribution in [-0.4, -0.2) is 34.2 Å². The molecule has 26 heavy (non-hydrogen) atoms. The van der Waals surface area contributed by atoms with Crippen molar-refractivity contribution < 1.29 is 4.79 Å². The average Bonchev–Trinajstić information content (AvgIpc) is 2.68. The van der Waals surface area contributed by atoms with E-state index in [9.17, 15) is 4.79 Å². The van der Waals surface area contributed by atoms with Gasteiger partial charge in [0.15, 0.2) is 5.82 Å². The maximum Gasteiger partial charge on any atom is 0.251 e. The molecule has 0 radical (unpaired) electrons. The lowest BCUT2D eigenvalue weighted by molar-refractivity contribution is 0.0955. The summed E-state index contributed by atoms with van der Waals surface area (Å²) in [5.74, 6) is 1.87. The quantitative estimate of drug-likeness (QED) is 0.569. The number of carbonyl (C=O) groups is 1. The predicted octanol–water partition coefficient (Wildman–Crippen LogP) is 2.77. The average molecular weight is 348 g/mol. The lowest BCUT2D eigenvalue weighted by Gasteiger charge is -2.08. The zero-order chi connectivity index (χ0) is 18.2. The summed E-state index contributed by atoms with van der Waals surface area (Å²) in [5.41, 5.74) is 1.78. The number of nitrogens with one attached hydrogen (secondary N) is 3. The summed E-state index contributed by atoms with van der Waals surface area (Å²) < 4.78 is 0. The Labute approximate surface area is 151 Å². The molecule has 2 heterocycles. The highest BCUT2D eigenvalue weighted by Crippen LogP contribution is 2.11. The minimum atomic E-state index is -0.0900. The number of aryl methyl sites for hydroxylation is 1. The summed E-state index contributed by atoms with van der Waals surface area (Å²) in [7, 11) is 0. The molecule has 0 unspecified atom stereocenters. The molecule has 7 heteroatoms. The molecule has 7 nitrogen and oxygen atoms in total. The largest absolute Gasteiger partial charge is 0.367 e. The molecular weight excluding hydrogens is 328 g/mol. The first-order valence-corrected chi connectivity index (χ1v) is 8.31. The number of amides is 1. The number of rotatable bonds is 7. The number of carbonyl (C=O) groups excluding carboxylic acids is 1. The maximum absolute atomic E-state index is 12.0. The van der Waals surface area contributed by atoms with Crippen LogP contribution in [0.1, 0.15) is 15.9 Å². The summed E-state index contributed by atoms with van der Waals surface area (Å²) in [6.07, 6.45) is 1.70. The van der Waals surface area contributed by atoms with Crippen molar-refractivity contribution in [2.45, 2.75) is 6.92 Å². The molecule has 0 aliphatic rings. The standard InChI is InChI=1S/C19H20N6O/c1-14-5-7-15(8-6-14)19(26)22-13-12-21-17-9-10-18(25-24-17)23-16-4-2-3-11-20-16/h2-11H,12-13H2,1H3,(H,21,24)(H,22,26)(H,20,23,25). The second-order valence-corrected chi connectivity index (χ2v) is 5.69. The minimum Gasteiger partial charge on any atom is -0.367 e. The van der Waals surface area contributed by atoms with Crippen molar-refractivity contribution in [1.82, 2.24) is 20.5 Å². The molecule has 132 valence electrons. The zero-order valence-electron chi connectivity index (χ0n) is 14.4. The number of anilines is 3. The van der Waals surface area contributed by atoms with E-state index in [0.717, 1.165) is 5.56 Å². The Morgan fingerprint density at radius 2 is 1.65 bits per heavy atom. The van der Waals surface area contributed by atoms with Crippen molar-refractivity contribution in [3.8, 4) is 0 Å². The topological polar surface area (TPSA) is 91.8 Å². The maximum atomic E-state index is 12.0. The van der Waals surface area contributed by atoms with Gasteiger partial charge in [-0.1, -0.05) is 23.8 Å². The smallest absolute Gasteiger partial charge is 0.251 e. The molecule has 0 saturated carbocycles. The molecule has 1 aromatic carbocycles. The Kier molecular flexibility index (Phi) is 5.72. The monoisotopic (exact) mass is 348 g/mol. The summed E-state index contributed by atoms with van der Waals surface area (Å²) in [6.45, 7) is 3.03. The highest BCUT2D eigenvalue weighted by molar-refractivity contribution is 5.94. The molecule has 3 aromatic rings. The van der Waals surface area contributed by atoms with E-state index in [1.165, 1.54) is 0 Å². The third kappa shape index (κ3) is 5.01. The van der Waals surface area contributed by atoms with Crippen LogP contribution in [0.5, 0.6) is 0 Å². The summed E-state index contributed by atoms with van der Waals surface area (Å²) in [4.78, 5) is 16.2. The fraction of sp³-hybridized carbons (Fsp3) is 0.158. The van der Waals surface area contributed by atoms with E-state index in [-0.39, 0.29) is 5.91 Å². The van der Waals surface area contributed by atoms with Crippen LogP contribution in [0.3, 0.4) is 0 Å². The number of aromatic nitrogens is 3. The van der Waals surface area contributed by atoms with Crippen LogP contribution in [0.25, 0.3) is 0 Å². The second kappa shape index (κ2) is 8.57. The van der Waals surface area contributed by atoms with E-state index >= 15 is 0 Å². The van der Waals surface area contributed by atoms with Crippen molar-refractivity contribution in [2.24, 2.45) is 0 Å². The van der Waals surface area contributed by atoms with Gasteiger partial charge in [0.05, 0.1) is 0 Å². The molecule has 3 rings (SSSR count). The van der Waals surface area contributed by atoms with Crippen LogP contribution >= 0.6 is 0 Å². The van der Waals surface area contributed by atoms with E-state index in [1.807, 2.05) is 61.5 Å². The van der Waals surface area contributed by atoms with E-state index in [0.29, 0.717) is 36.1 Å². The van der Waals surface area contributed by atoms with Gasteiger partial charge in [-0.3, -0.25) is 4.79 Å². The molecule has 0 bridgehead atoms. The van der Waals surface area contributed by atoms with Crippen LogP contribution in [0.4, 0.5) is 17.5 Å². The zero-order valence-corrected chi connectivity index (χ0v) is 14.4. The number of pyridine rings is 1. The van der Waals surface area contributed by atoms with Gasteiger partial charge in [0.2, 0.25) is 0 Å².